The predicted octanol–water partition coefficient (Wildman–Crippen LogP) is 3.90. The molecule has 0 heterocycles. The van der Waals surface area contributed by atoms with Gasteiger partial charge in [-0.15, -0.1) is 0 Å². The fourth-order valence-corrected chi connectivity index (χ4v) is 3.82. The molecular weight excluding hydrogens is 388 g/mol. The molecule has 0 unspecified atom stereocenters. The van der Waals surface area contributed by atoms with Gasteiger partial charge in [0.1, 0.15) is 5.75 Å². The highest BCUT2D eigenvalue weighted by atomic mass is 32.2. The summed E-state index contributed by atoms with van der Waals surface area (Å²) < 4.78 is 30.3. The van der Waals surface area contributed by atoms with Crippen LogP contribution in [0.25, 0.3) is 0 Å². The molecule has 6 nitrogen and oxygen atoms in total. The first-order valence-electron chi connectivity index (χ1n) is 10.8. The molecular formula is C22H40N2O4S. The Morgan fingerprint density at radius 2 is 1.62 bits per heavy atom. The van der Waals surface area contributed by atoms with Gasteiger partial charge in [0.15, 0.2) is 0 Å². The molecule has 0 radical (unpaired) electrons. The molecule has 0 bridgehead atoms. The molecule has 168 valence electrons. The molecule has 0 spiro atoms. The Morgan fingerprint density at radius 1 is 1.00 bits per heavy atom. The van der Waals surface area contributed by atoms with Gasteiger partial charge in [-0.05, 0) is 50.8 Å². The van der Waals surface area contributed by atoms with Gasteiger partial charge in [0.2, 0.25) is 0 Å². The summed E-state index contributed by atoms with van der Waals surface area (Å²) in [7, 11) is -3.96. The zero-order valence-corrected chi connectivity index (χ0v) is 19.2. The highest BCUT2D eigenvalue weighted by Gasteiger charge is 2.21. The van der Waals surface area contributed by atoms with Crippen molar-refractivity contribution in [3.63, 3.8) is 0 Å². The molecule has 1 rings (SSSR count). The summed E-state index contributed by atoms with van der Waals surface area (Å²) in [5.74, 6) is -0.101. The molecule has 0 aliphatic carbocycles. The summed E-state index contributed by atoms with van der Waals surface area (Å²) in [6.45, 7) is 6.67. The van der Waals surface area contributed by atoms with Crippen LogP contribution in [-0.2, 0) is 28.5 Å². The Kier molecular flexibility index (Phi) is 11.2. The Morgan fingerprint density at radius 3 is 2.21 bits per heavy atom. The minimum atomic E-state index is -3.96. The van der Waals surface area contributed by atoms with E-state index in [0.29, 0.717) is 13.0 Å². The van der Waals surface area contributed by atoms with E-state index in [0.717, 1.165) is 24.0 Å². The molecule has 0 amide bonds. The lowest BCUT2D eigenvalue weighted by molar-refractivity contribution is 0.432. The molecule has 0 fully saturated rings. The molecule has 0 atom stereocenters. The second-order valence-electron chi connectivity index (χ2n) is 8.53. The normalized spacial score (nSPS) is 12.4. The number of unbranched alkanes of at least 4 members (excludes halogenated alkanes) is 6. The Hall–Kier alpha value is -1.15. The summed E-state index contributed by atoms with van der Waals surface area (Å²) in [6, 6.07) is 4.05. The monoisotopic (exact) mass is 428 g/mol. The number of aryl methyl sites for hydroxylation is 1. The number of rotatable bonds is 15. The summed E-state index contributed by atoms with van der Waals surface area (Å²) in [5, 5.41) is 13.7. The van der Waals surface area contributed by atoms with Gasteiger partial charge in [0.05, 0.1) is 5.75 Å². The van der Waals surface area contributed by atoms with Gasteiger partial charge < -0.3 is 16.2 Å². The van der Waals surface area contributed by atoms with Crippen LogP contribution in [0.3, 0.4) is 0 Å². The van der Waals surface area contributed by atoms with Gasteiger partial charge in [0.25, 0.3) is 10.1 Å². The van der Waals surface area contributed by atoms with Crippen LogP contribution in [0, 0.1) is 0 Å². The van der Waals surface area contributed by atoms with E-state index in [4.69, 9.17) is 10.3 Å². The fourth-order valence-electron chi connectivity index (χ4n) is 3.42. The van der Waals surface area contributed by atoms with Crippen molar-refractivity contribution in [2.45, 2.75) is 84.1 Å². The van der Waals surface area contributed by atoms with Crippen molar-refractivity contribution in [2.24, 2.45) is 5.73 Å². The molecule has 0 aliphatic rings. The van der Waals surface area contributed by atoms with Crippen LogP contribution in [0.5, 0.6) is 5.75 Å². The quantitative estimate of drug-likeness (QED) is 0.249. The van der Waals surface area contributed by atoms with E-state index in [1.165, 1.54) is 44.1 Å². The number of nitrogens with one attached hydrogen (secondary N) is 1. The number of aromatic hydroxyl groups is 1. The van der Waals surface area contributed by atoms with Crippen molar-refractivity contribution < 1.29 is 18.1 Å². The molecule has 0 saturated heterocycles. The van der Waals surface area contributed by atoms with E-state index in [1.807, 2.05) is 26.0 Å². The topological polar surface area (TPSA) is 113 Å². The highest BCUT2D eigenvalue weighted by molar-refractivity contribution is 7.85. The SMILES string of the molecule is CCCCCCCCCc1cc(CCNCCS(=O)(=O)O)c(O)c(C(C)(C)N)c1. The lowest BCUT2D eigenvalue weighted by Gasteiger charge is -2.23. The fraction of sp³-hybridized carbons (Fsp3) is 0.727. The molecule has 29 heavy (non-hydrogen) atoms. The van der Waals surface area contributed by atoms with E-state index in [-0.39, 0.29) is 18.0 Å². The van der Waals surface area contributed by atoms with Crippen LogP contribution in [0.4, 0.5) is 0 Å². The summed E-state index contributed by atoms with van der Waals surface area (Å²) in [4.78, 5) is 0. The Bertz CT molecular complexity index is 712. The number of benzene rings is 1. The van der Waals surface area contributed by atoms with E-state index in [1.54, 1.807) is 0 Å². The molecule has 0 saturated carbocycles. The third-order valence-electron chi connectivity index (χ3n) is 5.12. The minimum Gasteiger partial charge on any atom is -0.507 e. The Labute approximate surface area is 177 Å². The average molecular weight is 429 g/mol. The maximum absolute atomic E-state index is 10.8. The third-order valence-corrected chi connectivity index (χ3v) is 5.84. The van der Waals surface area contributed by atoms with Crippen LogP contribution in [0.2, 0.25) is 0 Å². The maximum Gasteiger partial charge on any atom is 0.266 e. The maximum atomic E-state index is 10.8. The van der Waals surface area contributed by atoms with Crippen molar-refractivity contribution in [2.75, 3.05) is 18.8 Å². The molecule has 5 N–H and O–H groups in total. The number of hydrogen-bond acceptors (Lipinski definition) is 5. The van der Waals surface area contributed by atoms with Gasteiger partial charge in [-0.2, -0.15) is 8.42 Å². The Balaban J connectivity index is 2.68. The molecule has 1 aromatic rings. The minimum absolute atomic E-state index is 0.173. The summed E-state index contributed by atoms with van der Waals surface area (Å²) in [5.41, 5.74) is 8.36. The van der Waals surface area contributed by atoms with E-state index in [9.17, 15) is 13.5 Å². The lowest BCUT2D eigenvalue weighted by Crippen LogP contribution is -2.29. The highest BCUT2D eigenvalue weighted by Crippen LogP contribution is 2.32. The first kappa shape index (κ1) is 25.9. The van der Waals surface area contributed by atoms with Crippen LogP contribution < -0.4 is 11.1 Å². The van der Waals surface area contributed by atoms with E-state index in [2.05, 4.69) is 12.2 Å². The van der Waals surface area contributed by atoms with Crippen molar-refractivity contribution in [3.05, 3.63) is 28.8 Å². The summed E-state index contributed by atoms with van der Waals surface area (Å²) >= 11 is 0. The molecule has 7 heteroatoms. The van der Waals surface area contributed by atoms with Gasteiger partial charge in [-0.25, -0.2) is 0 Å². The van der Waals surface area contributed by atoms with Crippen molar-refractivity contribution in [1.29, 1.82) is 0 Å². The van der Waals surface area contributed by atoms with Crippen LogP contribution in [-0.4, -0.2) is 36.9 Å². The van der Waals surface area contributed by atoms with Gasteiger partial charge in [-0.1, -0.05) is 57.6 Å². The van der Waals surface area contributed by atoms with Crippen molar-refractivity contribution in [1.82, 2.24) is 5.32 Å². The van der Waals surface area contributed by atoms with Crippen molar-refractivity contribution >= 4 is 10.1 Å². The summed E-state index contributed by atoms with van der Waals surface area (Å²) in [6.07, 6.45) is 10.3. The first-order valence-corrected chi connectivity index (χ1v) is 12.5. The zero-order valence-electron chi connectivity index (χ0n) is 18.3. The van der Waals surface area contributed by atoms with Gasteiger partial charge in [-0.3, -0.25) is 4.55 Å². The number of phenolic OH excluding ortho intramolecular Hbond substituents is 1. The van der Waals surface area contributed by atoms with Crippen LogP contribution in [0.1, 0.15) is 82.4 Å². The number of phenols is 1. The number of hydrogen-bond donors (Lipinski definition) is 4. The largest absolute Gasteiger partial charge is 0.507 e. The zero-order chi connectivity index (χ0) is 21.9. The van der Waals surface area contributed by atoms with Gasteiger partial charge in [0, 0.05) is 17.6 Å². The first-order chi connectivity index (χ1) is 13.5. The van der Waals surface area contributed by atoms with Gasteiger partial charge >= 0.3 is 0 Å². The lowest BCUT2D eigenvalue weighted by atomic mass is 9.88. The van der Waals surface area contributed by atoms with Crippen molar-refractivity contribution in [3.8, 4) is 5.75 Å². The third kappa shape index (κ3) is 11.0. The van der Waals surface area contributed by atoms with E-state index < -0.39 is 15.7 Å². The predicted molar refractivity (Wildman–Crippen MR) is 120 cm³/mol. The molecule has 1 aromatic carbocycles. The smallest absolute Gasteiger partial charge is 0.266 e. The molecule has 0 aliphatic heterocycles. The van der Waals surface area contributed by atoms with Crippen LogP contribution in [0.15, 0.2) is 12.1 Å². The second-order valence-corrected chi connectivity index (χ2v) is 10.1. The standard InChI is InChI=1S/C22H40N2O4S/c1-4-5-6-7-8-9-10-11-18-16-19(12-13-24-14-15-29(26,27)28)21(25)20(17-18)22(2,3)23/h16-17,24-25H,4-15,23H2,1-3H3,(H,26,27,28). The van der Waals surface area contributed by atoms with Crippen LogP contribution >= 0.6 is 0 Å². The average Bonchev–Trinajstić information content (AvgIpc) is 2.60. The van der Waals surface area contributed by atoms with E-state index >= 15 is 0 Å². The number of nitrogens with two attached hydrogens (primary N) is 1. The second kappa shape index (κ2) is 12.5. The molecule has 0 aromatic heterocycles.